The van der Waals surface area contributed by atoms with Crippen LogP contribution in [0.1, 0.15) is 25.0 Å². The predicted octanol–water partition coefficient (Wildman–Crippen LogP) is 3.15. The smallest absolute Gasteiger partial charge is 0.235 e. The summed E-state index contributed by atoms with van der Waals surface area (Å²) >= 11 is 0. The summed E-state index contributed by atoms with van der Waals surface area (Å²) in [5.41, 5.74) is 2.10. The van der Waals surface area contributed by atoms with Gasteiger partial charge in [0, 0.05) is 26.8 Å². The van der Waals surface area contributed by atoms with Crippen molar-refractivity contribution in [1.29, 1.82) is 0 Å². The van der Waals surface area contributed by atoms with E-state index < -0.39 is 0 Å². The van der Waals surface area contributed by atoms with Crippen molar-refractivity contribution in [3.63, 3.8) is 0 Å². The highest BCUT2D eigenvalue weighted by molar-refractivity contribution is 5.34. The van der Waals surface area contributed by atoms with Gasteiger partial charge in [-0.25, -0.2) is 9.79 Å². The van der Waals surface area contributed by atoms with Crippen molar-refractivity contribution in [3.8, 4) is 0 Å². The van der Waals surface area contributed by atoms with Crippen molar-refractivity contribution in [3.05, 3.63) is 60.4 Å². The Balaban J connectivity index is 0.00000163. The Bertz CT molecular complexity index is 549. The number of aliphatic imine (C=N–C) groups is 1. The lowest BCUT2D eigenvalue weighted by molar-refractivity contribution is 0.277. The monoisotopic (exact) mass is 331 g/mol. The second-order valence-corrected chi connectivity index (χ2v) is 5.62. The Morgan fingerprint density at radius 3 is 2.54 bits per heavy atom. The molecule has 2 N–H and O–H groups in total. The number of benzene rings is 1. The van der Waals surface area contributed by atoms with Crippen molar-refractivity contribution >= 4 is 6.08 Å². The summed E-state index contributed by atoms with van der Waals surface area (Å²) in [5.74, 6) is 1.22. The molecule has 1 unspecified atom stereocenters. The van der Waals surface area contributed by atoms with Gasteiger partial charge in [-0.1, -0.05) is 50.8 Å². The van der Waals surface area contributed by atoms with Gasteiger partial charge in [0.1, 0.15) is 0 Å². The zero-order valence-electron chi connectivity index (χ0n) is 15.1. The van der Waals surface area contributed by atoms with Crippen LogP contribution in [-0.4, -0.2) is 26.3 Å². The average Bonchev–Trinajstić information content (AvgIpc) is 2.56. The predicted molar refractivity (Wildman–Crippen MR) is 99.1 cm³/mol. The summed E-state index contributed by atoms with van der Waals surface area (Å²) in [4.78, 5) is 13.7. The van der Waals surface area contributed by atoms with E-state index in [1.165, 1.54) is 0 Å². The van der Waals surface area contributed by atoms with E-state index in [0.29, 0.717) is 19.0 Å². The van der Waals surface area contributed by atoms with Crippen molar-refractivity contribution in [1.82, 2.24) is 10.6 Å². The normalized spacial score (nSPS) is 10.7. The number of hydrogen-bond acceptors (Lipinski definition) is 5. The lowest BCUT2D eigenvalue weighted by Gasteiger charge is -2.22. The molecule has 1 aromatic rings. The molecule has 1 rings (SSSR count). The third-order valence-corrected chi connectivity index (χ3v) is 3.14. The number of methoxy groups -OCH3 is 1. The summed E-state index contributed by atoms with van der Waals surface area (Å²) in [6, 6.07) is 8.10. The van der Waals surface area contributed by atoms with Crippen LogP contribution in [0.15, 0.2) is 54.3 Å². The molecule has 24 heavy (non-hydrogen) atoms. The van der Waals surface area contributed by atoms with Crippen LogP contribution in [0.2, 0.25) is 0 Å². The number of nitrogens with one attached hydrogen (secondary N) is 2. The van der Waals surface area contributed by atoms with Gasteiger partial charge in [0.2, 0.25) is 6.08 Å². The highest BCUT2D eigenvalue weighted by Crippen LogP contribution is 2.07. The standard InChI is InChI=1S/C17H23N3O.C2H6O/c1-5-17(13(2)3)20-14(4)19-11-16-8-6-7-15(9-16)10-18-12-21;1-3-2/h5-9,13,17,19-20H,1,4,10-11H2,2-3H3;1-2H3. The molecule has 0 aliphatic rings. The van der Waals surface area contributed by atoms with Crippen LogP contribution in [0.4, 0.5) is 0 Å². The van der Waals surface area contributed by atoms with Gasteiger partial charge in [-0.3, -0.25) is 0 Å². The Morgan fingerprint density at radius 1 is 1.38 bits per heavy atom. The van der Waals surface area contributed by atoms with Gasteiger partial charge >= 0.3 is 0 Å². The topological polar surface area (TPSA) is 62.7 Å². The van der Waals surface area contributed by atoms with Crippen LogP contribution in [-0.2, 0) is 22.6 Å². The first kappa shape index (κ1) is 21.6. The van der Waals surface area contributed by atoms with Gasteiger partial charge in [-0.2, -0.15) is 0 Å². The molecule has 1 atom stereocenters. The highest BCUT2D eigenvalue weighted by Gasteiger charge is 2.08. The summed E-state index contributed by atoms with van der Waals surface area (Å²) < 4.78 is 4.25. The van der Waals surface area contributed by atoms with E-state index in [0.717, 1.165) is 16.9 Å². The molecule has 0 saturated carbocycles. The van der Waals surface area contributed by atoms with Crippen molar-refractivity contribution in [2.75, 3.05) is 14.2 Å². The highest BCUT2D eigenvalue weighted by atomic mass is 16.4. The van der Waals surface area contributed by atoms with E-state index in [1.807, 2.05) is 30.3 Å². The van der Waals surface area contributed by atoms with E-state index in [9.17, 15) is 4.79 Å². The first-order valence-electron chi connectivity index (χ1n) is 7.81. The molecule has 132 valence electrons. The SMILES string of the molecule is C=CC(NC(=C)NCc1cccc(CN=C=O)c1)C(C)C.COC. The molecule has 1 aromatic carbocycles. The second-order valence-electron chi connectivity index (χ2n) is 5.62. The molecular formula is C19H29N3O2. The number of nitrogens with zero attached hydrogens (tertiary/aromatic N) is 1. The molecule has 0 amide bonds. The molecular weight excluding hydrogens is 302 g/mol. The number of isocyanates is 1. The van der Waals surface area contributed by atoms with Gasteiger partial charge in [-0.05, 0) is 17.0 Å². The maximum Gasteiger partial charge on any atom is 0.235 e. The fourth-order valence-corrected chi connectivity index (χ4v) is 1.92. The van der Waals surface area contributed by atoms with Gasteiger partial charge in [0.05, 0.1) is 12.4 Å². The summed E-state index contributed by atoms with van der Waals surface area (Å²) in [5, 5.41) is 6.53. The van der Waals surface area contributed by atoms with Gasteiger partial charge in [0.25, 0.3) is 0 Å². The molecule has 5 nitrogen and oxygen atoms in total. The Labute approximate surface area is 145 Å². The molecule has 0 bridgehead atoms. The van der Waals surface area contributed by atoms with Gasteiger partial charge in [0.15, 0.2) is 0 Å². The van der Waals surface area contributed by atoms with Crippen LogP contribution >= 0.6 is 0 Å². The fourth-order valence-electron chi connectivity index (χ4n) is 1.92. The number of rotatable bonds is 9. The van der Waals surface area contributed by atoms with E-state index in [1.54, 1.807) is 20.3 Å². The molecule has 0 aromatic heterocycles. The lowest BCUT2D eigenvalue weighted by atomic mass is 10.1. The molecule has 5 heteroatoms. The first-order chi connectivity index (χ1) is 11.5. The Kier molecular flexibility index (Phi) is 11.8. The minimum atomic E-state index is 0.193. The zero-order chi connectivity index (χ0) is 18.4. The van der Waals surface area contributed by atoms with Crippen molar-refractivity contribution in [2.45, 2.75) is 33.0 Å². The van der Waals surface area contributed by atoms with Crippen LogP contribution < -0.4 is 10.6 Å². The maximum absolute atomic E-state index is 10.1. The summed E-state index contributed by atoms with van der Waals surface area (Å²) in [7, 11) is 3.25. The van der Waals surface area contributed by atoms with E-state index in [-0.39, 0.29) is 6.04 Å². The Morgan fingerprint density at radius 2 is 2.00 bits per heavy atom. The number of ether oxygens (including phenoxy) is 1. The molecule has 0 heterocycles. The third kappa shape index (κ3) is 9.62. The molecule has 0 radical (unpaired) electrons. The molecule has 0 saturated heterocycles. The average molecular weight is 331 g/mol. The van der Waals surface area contributed by atoms with Gasteiger partial charge in [-0.15, -0.1) is 6.58 Å². The zero-order valence-corrected chi connectivity index (χ0v) is 15.1. The molecule has 0 fully saturated rings. The first-order valence-corrected chi connectivity index (χ1v) is 7.81. The third-order valence-electron chi connectivity index (χ3n) is 3.14. The summed E-state index contributed by atoms with van der Waals surface area (Å²) in [6.07, 6.45) is 3.43. The van der Waals surface area contributed by atoms with Crippen LogP contribution in [0.25, 0.3) is 0 Å². The Hall–Kier alpha value is -2.36. The van der Waals surface area contributed by atoms with Gasteiger partial charge < -0.3 is 15.4 Å². The van der Waals surface area contributed by atoms with E-state index in [4.69, 9.17) is 0 Å². The minimum Gasteiger partial charge on any atom is -0.388 e. The number of hydrogen-bond donors (Lipinski definition) is 2. The molecule has 0 aliphatic carbocycles. The fraction of sp³-hybridized carbons (Fsp3) is 0.421. The maximum atomic E-state index is 10.1. The lowest BCUT2D eigenvalue weighted by Crippen LogP contribution is -2.36. The van der Waals surface area contributed by atoms with Crippen LogP contribution in [0, 0.1) is 5.92 Å². The van der Waals surface area contributed by atoms with E-state index in [2.05, 4.69) is 47.4 Å². The minimum absolute atomic E-state index is 0.193. The molecule has 0 aliphatic heterocycles. The van der Waals surface area contributed by atoms with Crippen LogP contribution in [0.5, 0.6) is 0 Å². The quantitative estimate of drug-likeness (QED) is 0.414. The second kappa shape index (κ2) is 13.1. The van der Waals surface area contributed by atoms with E-state index >= 15 is 0 Å². The largest absolute Gasteiger partial charge is 0.388 e. The van der Waals surface area contributed by atoms with Crippen molar-refractivity contribution in [2.24, 2.45) is 10.9 Å². The van der Waals surface area contributed by atoms with Crippen molar-refractivity contribution < 1.29 is 9.53 Å². The van der Waals surface area contributed by atoms with Crippen LogP contribution in [0.3, 0.4) is 0 Å². The molecule has 0 spiro atoms. The number of carbonyl (C=O) groups excluding carboxylic acids is 1. The summed E-state index contributed by atoms with van der Waals surface area (Å²) in [6.45, 7) is 13.1.